The third kappa shape index (κ3) is 3.18. The summed E-state index contributed by atoms with van der Waals surface area (Å²) < 4.78 is 1.90. The van der Waals surface area contributed by atoms with Crippen molar-refractivity contribution in [1.29, 1.82) is 0 Å². The lowest BCUT2D eigenvalue weighted by Gasteiger charge is -2.43. The highest BCUT2D eigenvalue weighted by atomic mass is 16.1. The van der Waals surface area contributed by atoms with Crippen LogP contribution in [0.2, 0.25) is 0 Å². The number of nitrogens with one attached hydrogen (secondary N) is 1. The molecule has 2 atom stereocenters. The number of aromatic nitrogens is 3. The summed E-state index contributed by atoms with van der Waals surface area (Å²) in [6.07, 6.45) is 11.1. The van der Waals surface area contributed by atoms with Crippen molar-refractivity contribution in [2.75, 3.05) is 5.32 Å². The van der Waals surface area contributed by atoms with Gasteiger partial charge in [0.1, 0.15) is 0 Å². The van der Waals surface area contributed by atoms with Crippen molar-refractivity contribution >= 4 is 17.4 Å². The van der Waals surface area contributed by atoms with Gasteiger partial charge in [-0.15, -0.1) is 0 Å². The van der Waals surface area contributed by atoms with Crippen LogP contribution in [0.5, 0.6) is 0 Å². The number of hydrogen-bond acceptors (Lipinski definition) is 4. The molecule has 0 radical (unpaired) electrons. The lowest BCUT2D eigenvalue weighted by molar-refractivity contribution is -0.122. The van der Waals surface area contributed by atoms with Crippen LogP contribution in [-0.4, -0.2) is 26.3 Å². The monoisotopic (exact) mass is 375 g/mol. The van der Waals surface area contributed by atoms with E-state index in [1.165, 1.54) is 19.3 Å². The summed E-state index contributed by atoms with van der Waals surface area (Å²) in [6, 6.07) is 10.0. The molecule has 2 aliphatic rings. The van der Waals surface area contributed by atoms with Gasteiger partial charge in [-0.25, -0.2) is 9.97 Å². The Balaban J connectivity index is 1.28. The van der Waals surface area contributed by atoms with Crippen molar-refractivity contribution in [2.45, 2.75) is 38.1 Å². The van der Waals surface area contributed by atoms with Gasteiger partial charge in [-0.05, 0) is 55.7 Å². The summed E-state index contributed by atoms with van der Waals surface area (Å²) in [5.41, 5.74) is 9.05. The Kier molecular flexibility index (Phi) is 4.36. The predicted molar refractivity (Wildman–Crippen MR) is 109 cm³/mol. The molecule has 1 aromatic carbocycles. The van der Waals surface area contributed by atoms with Crippen molar-refractivity contribution in [3.05, 3.63) is 48.9 Å². The first-order valence-corrected chi connectivity index (χ1v) is 10.1. The van der Waals surface area contributed by atoms with E-state index in [0.717, 1.165) is 29.8 Å². The quantitative estimate of drug-likeness (QED) is 0.734. The Hall–Kier alpha value is -2.73. The Bertz CT molecular complexity index is 949. The molecule has 2 heterocycles. The van der Waals surface area contributed by atoms with Gasteiger partial charge in [0.2, 0.25) is 11.7 Å². The predicted octanol–water partition coefficient (Wildman–Crippen LogP) is 3.49. The Morgan fingerprint density at radius 2 is 1.89 bits per heavy atom. The zero-order valence-electron chi connectivity index (χ0n) is 15.8. The maximum atomic E-state index is 12.8. The van der Waals surface area contributed by atoms with Gasteiger partial charge in [-0.3, -0.25) is 9.20 Å². The smallest absolute Gasteiger partial charge is 0.234 e. The van der Waals surface area contributed by atoms with E-state index in [9.17, 15) is 4.79 Å². The zero-order valence-corrected chi connectivity index (χ0v) is 15.8. The van der Waals surface area contributed by atoms with E-state index in [4.69, 9.17) is 5.73 Å². The minimum Gasteiger partial charge on any atom is -0.327 e. The second-order valence-corrected chi connectivity index (χ2v) is 8.22. The average molecular weight is 375 g/mol. The van der Waals surface area contributed by atoms with Crippen LogP contribution in [0.15, 0.2) is 48.9 Å². The molecule has 0 saturated heterocycles. The van der Waals surface area contributed by atoms with E-state index in [1.54, 1.807) is 6.20 Å². The SMILES string of the molecule is NC1C2CCCC1CC(C(=O)Nc1ccc(-c3cn4cccnc4n3)cc1)C2. The van der Waals surface area contributed by atoms with Crippen molar-refractivity contribution in [1.82, 2.24) is 14.4 Å². The molecule has 6 heteroatoms. The van der Waals surface area contributed by atoms with Gasteiger partial charge in [0.15, 0.2) is 0 Å². The lowest BCUT2D eigenvalue weighted by atomic mass is 9.65. The molecule has 2 fully saturated rings. The fourth-order valence-electron chi connectivity index (χ4n) is 4.94. The Morgan fingerprint density at radius 1 is 1.14 bits per heavy atom. The summed E-state index contributed by atoms with van der Waals surface area (Å²) >= 11 is 0. The number of carbonyl (C=O) groups is 1. The number of amides is 1. The van der Waals surface area contributed by atoms with Crippen LogP contribution in [0.3, 0.4) is 0 Å². The maximum Gasteiger partial charge on any atom is 0.234 e. The first kappa shape index (κ1) is 17.4. The number of rotatable bonds is 3. The molecule has 2 bridgehead atoms. The molecule has 1 amide bonds. The highest BCUT2D eigenvalue weighted by Crippen LogP contribution is 2.42. The molecule has 6 nitrogen and oxygen atoms in total. The van der Waals surface area contributed by atoms with Gasteiger partial charge >= 0.3 is 0 Å². The minimum absolute atomic E-state index is 0.0827. The summed E-state index contributed by atoms with van der Waals surface area (Å²) in [5, 5.41) is 3.10. The molecule has 2 aliphatic carbocycles. The van der Waals surface area contributed by atoms with Crippen LogP contribution in [0, 0.1) is 17.8 Å². The van der Waals surface area contributed by atoms with Gasteiger partial charge in [-0.1, -0.05) is 18.6 Å². The third-order valence-corrected chi connectivity index (χ3v) is 6.47. The molecule has 28 heavy (non-hydrogen) atoms. The van der Waals surface area contributed by atoms with Crippen molar-refractivity contribution in [2.24, 2.45) is 23.5 Å². The van der Waals surface area contributed by atoms with Crippen LogP contribution in [0.1, 0.15) is 32.1 Å². The largest absolute Gasteiger partial charge is 0.327 e. The van der Waals surface area contributed by atoms with Crippen molar-refractivity contribution in [3.63, 3.8) is 0 Å². The third-order valence-electron chi connectivity index (χ3n) is 6.47. The first-order valence-electron chi connectivity index (χ1n) is 10.1. The van der Waals surface area contributed by atoms with Crippen LogP contribution in [0.4, 0.5) is 5.69 Å². The minimum atomic E-state index is 0.0827. The van der Waals surface area contributed by atoms with E-state index >= 15 is 0 Å². The molecule has 0 aliphatic heterocycles. The summed E-state index contributed by atoms with van der Waals surface area (Å²) in [7, 11) is 0. The van der Waals surface area contributed by atoms with Crippen molar-refractivity contribution in [3.8, 4) is 11.3 Å². The second kappa shape index (κ2) is 7.02. The molecule has 3 N–H and O–H groups in total. The van der Waals surface area contributed by atoms with E-state index in [-0.39, 0.29) is 17.9 Å². The highest BCUT2D eigenvalue weighted by molar-refractivity contribution is 5.92. The standard InChI is InChI=1S/C22H25N5O/c23-20-15-3-1-4-16(20)12-17(11-15)21(28)25-18-7-5-14(6-8-18)19-13-27-10-2-9-24-22(27)26-19/h2,5-10,13,15-17,20H,1,3-4,11-12,23H2,(H,25,28). The number of anilines is 1. The molecular formula is C22H25N5O. The first-order chi connectivity index (χ1) is 13.7. The number of nitrogens with two attached hydrogens (primary N) is 1. The number of hydrogen-bond donors (Lipinski definition) is 2. The molecule has 144 valence electrons. The van der Waals surface area contributed by atoms with Crippen LogP contribution in [0.25, 0.3) is 17.0 Å². The molecular weight excluding hydrogens is 350 g/mol. The molecule has 2 aromatic heterocycles. The molecule has 5 rings (SSSR count). The van der Waals surface area contributed by atoms with Gasteiger partial charge < -0.3 is 11.1 Å². The lowest BCUT2D eigenvalue weighted by Crippen LogP contribution is -2.48. The maximum absolute atomic E-state index is 12.8. The second-order valence-electron chi connectivity index (χ2n) is 8.22. The number of fused-ring (bicyclic) bond motifs is 3. The van der Waals surface area contributed by atoms with Gasteiger partial charge in [-0.2, -0.15) is 0 Å². The highest BCUT2D eigenvalue weighted by Gasteiger charge is 2.40. The van der Waals surface area contributed by atoms with Gasteiger partial charge in [0.25, 0.3) is 0 Å². The molecule has 2 unspecified atom stereocenters. The van der Waals surface area contributed by atoms with E-state index in [2.05, 4.69) is 15.3 Å². The summed E-state index contributed by atoms with van der Waals surface area (Å²) in [5.74, 6) is 1.91. The Labute approximate surface area is 164 Å². The van der Waals surface area contributed by atoms with Crippen LogP contribution in [-0.2, 0) is 4.79 Å². The van der Waals surface area contributed by atoms with Gasteiger partial charge in [0.05, 0.1) is 5.69 Å². The van der Waals surface area contributed by atoms with Crippen molar-refractivity contribution < 1.29 is 4.79 Å². The van der Waals surface area contributed by atoms with E-state index < -0.39 is 0 Å². The summed E-state index contributed by atoms with van der Waals surface area (Å²) in [6.45, 7) is 0. The van der Waals surface area contributed by atoms with Crippen LogP contribution < -0.4 is 11.1 Å². The summed E-state index contributed by atoms with van der Waals surface area (Å²) in [4.78, 5) is 21.6. The number of nitrogens with zero attached hydrogens (tertiary/aromatic N) is 3. The molecule has 0 spiro atoms. The Morgan fingerprint density at radius 3 is 2.61 bits per heavy atom. The molecule has 3 aromatic rings. The van der Waals surface area contributed by atoms with E-state index in [0.29, 0.717) is 17.6 Å². The number of imidazole rings is 1. The average Bonchev–Trinajstić information content (AvgIpc) is 3.12. The topological polar surface area (TPSA) is 85.3 Å². The number of benzene rings is 1. The van der Waals surface area contributed by atoms with Gasteiger partial charge in [0, 0.05) is 41.8 Å². The zero-order chi connectivity index (χ0) is 19.1. The molecule has 2 saturated carbocycles. The number of carbonyl (C=O) groups excluding carboxylic acids is 1. The fourth-order valence-corrected chi connectivity index (χ4v) is 4.94. The van der Waals surface area contributed by atoms with E-state index in [1.807, 2.05) is 47.1 Å². The fraction of sp³-hybridized carbons (Fsp3) is 0.409. The normalized spacial score (nSPS) is 26.9. The van der Waals surface area contributed by atoms with Crippen LogP contribution >= 0.6 is 0 Å².